The van der Waals surface area contributed by atoms with Crippen LogP contribution in [0.25, 0.3) is 0 Å². The van der Waals surface area contributed by atoms with Crippen molar-refractivity contribution in [3.05, 3.63) is 62.9 Å². The number of carbonyl (C=O) groups is 2. The summed E-state index contributed by atoms with van der Waals surface area (Å²) in [5.41, 5.74) is 4.60. The monoisotopic (exact) mass is 478 g/mol. The van der Waals surface area contributed by atoms with E-state index in [2.05, 4.69) is 16.8 Å². The van der Waals surface area contributed by atoms with Gasteiger partial charge in [0.15, 0.2) is 5.78 Å². The summed E-state index contributed by atoms with van der Waals surface area (Å²) in [6, 6.07) is 7.78. The number of ketones is 1. The van der Waals surface area contributed by atoms with Gasteiger partial charge in [-0.15, -0.1) is 0 Å². The third-order valence-corrected chi connectivity index (χ3v) is 7.25. The van der Waals surface area contributed by atoms with Crippen LogP contribution in [0.4, 0.5) is 0 Å². The summed E-state index contributed by atoms with van der Waals surface area (Å²) < 4.78 is 0. The lowest BCUT2D eigenvalue weighted by atomic mass is 9.95. The Labute approximate surface area is 206 Å². The van der Waals surface area contributed by atoms with Crippen LogP contribution < -0.4 is 0 Å². The number of hydrogen-bond acceptors (Lipinski definition) is 5. The van der Waals surface area contributed by atoms with Gasteiger partial charge < -0.3 is 4.90 Å². The van der Waals surface area contributed by atoms with Crippen molar-refractivity contribution in [2.45, 2.75) is 59.0 Å². The van der Waals surface area contributed by atoms with E-state index in [0.29, 0.717) is 40.1 Å². The number of Topliss-reactive ketones (excluding diaryl/α,β-unsaturated/α-hetero) is 1. The highest BCUT2D eigenvalue weighted by molar-refractivity contribution is 6.30. The lowest BCUT2D eigenvalue weighted by Crippen LogP contribution is -2.53. The minimum Gasteiger partial charge on any atom is -0.337 e. The van der Waals surface area contributed by atoms with Gasteiger partial charge in [0.05, 0.1) is 0 Å². The van der Waals surface area contributed by atoms with E-state index in [1.807, 2.05) is 30.0 Å². The van der Waals surface area contributed by atoms with E-state index in [9.17, 15) is 9.59 Å². The maximum absolute atomic E-state index is 12.9. The molecule has 0 bridgehead atoms. The van der Waals surface area contributed by atoms with Crippen LogP contribution in [0.5, 0.6) is 0 Å². The smallest absolute Gasteiger partial charge is 0.223 e. The molecule has 1 aromatic heterocycles. The zero-order valence-electron chi connectivity index (χ0n) is 20.1. The Morgan fingerprint density at radius 2 is 1.91 bits per heavy atom. The third-order valence-electron chi connectivity index (χ3n) is 7.03. The largest absolute Gasteiger partial charge is 0.337 e. The van der Waals surface area contributed by atoms with Crippen LogP contribution >= 0.6 is 11.6 Å². The van der Waals surface area contributed by atoms with Crippen LogP contribution in [0.3, 0.4) is 0 Å². The van der Waals surface area contributed by atoms with Crippen molar-refractivity contribution in [2.24, 2.45) is 5.92 Å². The van der Waals surface area contributed by atoms with Crippen LogP contribution in [0.2, 0.25) is 5.02 Å². The Morgan fingerprint density at radius 1 is 1.18 bits per heavy atom. The molecule has 1 aliphatic heterocycles. The lowest BCUT2D eigenvalue weighted by molar-refractivity contribution is -0.136. The number of carbonyl (C=O) groups excluding carboxylic acids is 2. The fourth-order valence-corrected chi connectivity index (χ4v) is 5.00. The standard InChI is InChI=1S/C27H31ClN4O2/c1-17-8-22(14-30-25(17)13-29)26(33)12-21-10-24(28)11-23(19(21)3)16-31-6-7-32(18(2)15-31)27(34)9-20-4-5-20/h8,10-11,14,18,20H,4-7,9,12,15-16H2,1-3H3/t18-/m0/s1. The van der Waals surface area contributed by atoms with Gasteiger partial charge in [-0.3, -0.25) is 14.5 Å². The van der Waals surface area contributed by atoms with E-state index in [-0.39, 0.29) is 18.2 Å². The number of aromatic nitrogens is 1. The van der Waals surface area contributed by atoms with Crippen molar-refractivity contribution in [1.29, 1.82) is 5.26 Å². The average Bonchev–Trinajstić information content (AvgIpc) is 3.60. The molecule has 178 valence electrons. The molecule has 1 aliphatic carbocycles. The number of aryl methyl sites for hydroxylation is 1. The minimum absolute atomic E-state index is 0.0483. The average molecular weight is 479 g/mol. The predicted molar refractivity (Wildman–Crippen MR) is 132 cm³/mol. The SMILES string of the molecule is Cc1cc(C(=O)Cc2cc(Cl)cc(CN3CCN(C(=O)CC4CC4)[C@@H](C)C3)c2C)cnc1C#N. The first-order valence-electron chi connectivity index (χ1n) is 11.9. The summed E-state index contributed by atoms with van der Waals surface area (Å²) in [5.74, 6) is 0.853. The second-order valence-electron chi connectivity index (χ2n) is 9.77. The normalized spacial score (nSPS) is 18.6. The van der Waals surface area contributed by atoms with E-state index in [1.165, 1.54) is 19.0 Å². The molecule has 7 heteroatoms. The van der Waals surface area contributed by atoms with E-state index in [0.717, 1.165) is 42.9 Å². The van der Waals surface area contributed by atoms with Gasteiger partial charge in [-0.1, -0.05) is 11.6 Å². The number of benzene rings is 1. The van der Waals surface area contributed by atoms with Gasteiger partial charge >= 0.3 is 0 Å². The molecular formula is C27H31ClN4O2. The molecule has 4 rings (SSSR count). The van der Waals surface area contributed by atoms with Gasteiger partial charge in [-0.05, 0) is 80.0 Å². The van der Waals surface area contributed by atoms with Crippen molar-refractivity contribution >= 4 is 23.3 Å². The van der Waals surface area contributed by atoms with Crippen LogP contribution in [0.15, 0.2) is 24.4 Å². The Bertz CT molecular complexity index is 1150. The van der Waals surface area contributed by atoms with Crippen LogP contribution in [0.1, 0.15) is 64.5 Å². The number of hydrogen-bond donors (Lipinski definition) is 0. The molecule has 2 aromatic rings. The Balaban J connectivity index is 1.43. The quantitative estimate of drug-likeness (QED) is 0.548. The highest BCUT2D eigenvalue weighted by atomic mass is 35.5. The summed E-state index contributed by atoms with van der Waals surface area (Å²) in [6.07, 6.45) is 4.79. The number of nitrogens with zero attached hydrogens (tertiary/aromatic N) is 4. The molecule has 1 aromatic carbocycles. The van der Waals surface area contributed by atoms with Crippen molar-refractivity contribution in [2.75, 3.05) is 19.6 Å². The van der Waals surface area contributed by atoms with Gasteiger partial charge in [-0.25, -0.2) is 4.98 Å². The summed E-state index contributed by atoms with van der Waals surface area (Å²) in [4.78, 5) is 34.0. The fraction of sp³-hybridized carbons (Fsp3) is 0.481. The summed E-state index contributed by atoms with van der Waals surface area (Å²) in [7, 11) is 0. The molecule has 1 amide bonds. The summed E-state index contributed by atoms with van der Waals surface area (Å²) in [5, 5.41) is 9.69. The number of piperazine rings is 1. The molecule has 1 saturated carbocycles. The second kappa shape index (κ2) is 10.2. The van der Waals surface area contributed by atoms with E-state index in [1.54, 1.807) is 13.0 Å². The highest BCUT2D eigenvalue weighted by Crippen LogP contribution is 2.33. The first kappa shape index (κ1) is 24.4. The van der Waals surface area contributed by atoms with Crippen molar-refractivity contribution < 1.29 is 9.59 Å². The predicted octanol–water partition coefficient (Wildman–Crippen LogP) is 4.48. The first-order chi connectivity index (χ1) is 16.2. The summed E-state index contributed by atoms with van der Waals surface area (Å²) >= 11 is 6.45. The molecule has 2 fully saturated rings. The zero-order valence-corrected chi connectivity index (χ0v) is 20.9. The van der Waals surface area contributed by atoms with Crippen molar-refractivity contribution in [3.8, 4) is 6.07 Å². The second-order valence-corrected chi connectivity index (χ2v) is 10.2. The van der Waals surface area contributed by atoms with E-state index >= 15 is 0 Å². The van der Waals surface area contributed by atoms with Gasteiger partial charge in [0.1, 0.15) is 11.8 Å². The molecule has 1 atom stereocenters. The Morgan fingerprint density at radius 3 is 2.56 bits per heavy atom. The van der Waals surface area contributed by atoms with Crippen LogP contribution in [-0.2, 0) is 17.8 Å². The van der Waals surface area contributed by atoms with Gasteiger partial charge in [-0.2, -0.15) is 5.26 Å². The van der Waals surface area contributed by atoms with Gasteiger partial charge in [0.25, 0.3) is 0 Å². The summed E-state index contributed by atoms with van der Waals surface area (Å²) in [6.45, 7) is 9.09. The minimum atomic E-state index is -0.0483. The Kier molecular flexibility index (Phi) is 7.35. The molecule has 2 heterocycles. The molecule has 0 unspecified atom stereocenters. The van der Waals surface area contributed by atoms with Crippen LogP contribution in [-0.4, -0.2) is 52.2 Å². The molecule has 2 aliphatic rings. The van der Waals surface area contributed by atoms with Crippen molar-refractivity contribution in [1.82, 2.24) is 14.8 Å². The maximum atomic E-state index is 12.9. The molecular weight excluding hydrogens is 448 g/mol. The van der Waals surface area contributed by atoms with Crippen LogP contribution in [0, 0.1) is 31.1 Å². The fourth-order valence-electron chi connectivity index (χ4n) is 4.74. The number of amides is 1. The topological polar surface area (TPSA) is 77.3 Å². The highest BCUT2D eigenvalue weighted by Gasteiger charge is 2.32. The van der Waals surface area contributed by atoms with E-state index in [4.69, 9.17) is 16.9 Å². The van der Waals surface area contributed by atoms with E-state index < -0.39 is 0 Å². The maximum Gasteiger partial charge on any atom is 0.223 e. The molecule has 6 nitrogen and oxygen atoms in total. The van der Waals surface area contributed by atoms with Gasteiger partial charge in [0, 0.05) is 61.8 Å². The number of rotatable bonds is 7. The molecule has 0 N–H and O–H groups in total. The first-order valence-corrected chi connectivity index (χ1v) is 12.3. The number of nitriles is 1. The Hall–Kier alpha value is -2.75. The number of halogens is 1. The molecule has 34 heavy (non-hydrogen) atoms. The molecule has 0 radical (unpaired) electrons. The lowest BCUT2D eigenvalue weighted by Gasteiger charge is -2.40. The number of pyridine rings is 1. The van der Waals surface area contributed by atoms with Crippen molar-refractivity contribution in [3.63, 3.8) is 0 Å². The molecule has 0 spiro atoms. The third kappa shape index (κ3) is 5.65. The van der Waals surface area contributed by atoms with Gasteiger partial charge in [0.2, 0.25) is 5.91 Å². The molecule has 1 saturated heterocycles. The zero-order chi connectivity index (χ0) is 24.4.